The fourth-order valence-electron chi connectivity index (χ4n) is 2.50. The van der Waals surface area contributed by atoms with E-state index in [0.29, 0.717) is 0 Å². The van der Waals surface area contributed by atoms with Crippen LogP contribution in [0.5, 0.6) is 0 Å². The molecule has 82 valence electrons. The van der Waals surface area contributed by atoms with Crippen molar-refractivity contribution in [1.29, 1.82) is 5.26 Å². The van der Waals surface area contributed by atoms with E-state index in [0.717, 1.165) is 12.2 Å². The first-order valence-electron chi connectivity index (χ1n) is 5.60. The highest BCUT2D eigenvalue weighted by atomic mass is 15.2. The van der Waals surface area contributed by atoms with Crippen LogP contribution in [0.25, 0.3) is 0 Å². The highest BCUT2D eigenvalue weighted by Gasteiger charge is 2.38. The zero-order valence-corrected chi connectivity index (χ0v) is 9.99. The Morgan fingerprint density at radius 3 is 2.69 bits per heavy atom. The van der Waals surface area contributed by atoms with Crippen molar-refractivity contribution in [1.82, 2.24) is 0 Å². The van der Waals surface area contributed by atoms with Crippen molar-refractivity contribution in [2.45, 2.75) is 26.2 Å². The summed E-state index contributed by atoms with van der Waals surface area (Å²) in [6, 6.07) is 10.5. The molecule has 0 spiro atoms. The predicted molar refractivity (Wildman–Crippen MR) is 66.2 cm³/mol. The Kier molecular flexibility index (Phi) is 2.47. The number of anilines is 1. The number of fused-ring (bicyclic) bond motifs is 1. The molecule has 2 rings (SSSR count). The van der Waals surface area contributed by atoms with Crippen LogP contribution in [0.1, 0.15) is 26.3 Å². The van der Waals surface area contributed by atoms with Gasteiger partial charge in [0.2, 0.25) is 0 Å². The summed E-state index contributed by atoms with van der Waals surface area (Å²) >= 11 is 0. The minimum absolute atomic E-state index is 0.0671. The van der Waals surface area contributed by atoms with Crippen molar-refractivity contribution < 1.29 is 0 Å². The molecule has 0 atom stereocenters. The van der Waals surface area contributed by atoms with Crippen LogP contribution >= 0.6 is 0 Å². The van der Waals surface area contributed by atoms with Gasteiger partial charge in [-0.2, -0.15) is 5.26 Å². The van der Waals surface area contributed by atoms with Gasteiger partial charge in [0.15, 0.2) is 0 Å². The van der Waals surface area contributed by atoms with Gasteiger partial charge < -0.3 is 4.90 Å². The molecule has 2 nitrogen and oxygen atoms in total. The van der Waals surface area contributed by atoms with Crippen molar-refractivity contribution in [3.63, 3.8) is 0 Å². The lowest BCUT2D eigenvalue weighted by atomic mass is 9.84. The molecule has 0 aliphatic carbocycles. The number of rotatable bonds is 1. The Bertz CT molecular complexity index is 478. The molecule has 0 amide bonds. The molecule has 0 fully saturated rings. The van der Waals surface area contributed by atoms with E-state index in [1.54, 1.807) is 6.08 Å². The predicted octanol–water partition coefficient (Wildman–Crippen LogP) is 3.21. The minimum atomic E-state index is -0.0671. The van der Waals surface area contributed by atoms with Crippen molar-refractivity contribution in [3.8, 4) is 6.07 Å². The van der Waals surface area contributed by atoms with Crippen LogP contribution in [0.3, 0.4) is 0 Å². The Hall–Kier alpha value is -1.75. The van der Waals surface area contributed by atoms with Crippen molar-refractivity contribution in [2.75, 3.05) is 11.4 Å². The third-order valence-corrected chi connectivity index (χ3v) is 3.32. The Labute approximate surface area is 96.8 Å². The summed E-state index contributed by atoms with van der Waals surface area (Å²) in [5.74, 6) is 0. The molecule has 1 aliphatic heterocycles. The van der Waals surface area contributed by atoms with Gasteiger partial charge in [-0.15, -0.1) is 0 Å². The zero-order chi connectivity index (χ0) is 11.8. The maximum atomic E-state index is 8.90. The van der Waals surface area contributed by atoms with Gasteiger partial charge in [0.25, 0.3) is 0 Å². The van der Waals surface area contributed by atoms with Crippen LogP contribution in [0.15, 0.2) is 36.0 Å². The van der Waals surface area contributed by atoms with E-state index in [9.17, 15) is 0 Å². The van der Waals surface area contributed by atoms with Crippen molar-refractivity contribution in [2.24, 2.45) is 0 Å². The summed E-state index contributed by atoms with van der Waals surface area (Å²) in [7, 11) is 0. The lowest BCUT2D eigenvalue weighted by Gasteiger charge is -2.25. The maximum absolute atomic E-state index is 8.90. The summed E-state index contributed by atoms with van der Waals surface area (Å²) in [5.41, 5.74) is 3.57. The van der Waals surface area contributed by atoms with Crippen LogP contribution < -0.4 is 4.90 Å². The van der Waals surface area contributed by atoms with E-state index in [4.69, 9.17) is 5.26 Å². The molecular weight excluding hydrogens is 196 g/mol. The zero-order valence-electron chi connectivity index (χ0n) is 9.99. The summed E-state index contributed by atoms with van der Waals surface area (Å²) in [4.78, 5) is 2.22. The highest BCUT2D eigenvalue weighted by molar-refractivity contribution is 5.70. The Morgan fingerprint density at radius 1 is 1.38 bits per heavy atom. The fourth-order valence-corrected chi connectivity index (χ4v) is 2.50. The molecule has 0 aromatic heterocycles. The first kappa shape index (κ1) is 10.8. The quantitative estimate of drug-likeness (QED) is 0.668. The molecule has 1 aromatic rings. The van der Waals surface area contributed by atoms with Crippen LogP contribution in [-0.2, 0) is 5.41 Å². The molecule has 0 saturated heterocycles. The maximum Gasteiger partial charge on any atom is 0.0930 e. The number of benzene rings is 1. The molecule has 0 saturated carbocycles. The number of para-hydroxylation sites is 1. The van der Waals surface area contributed by atoms with E-state index in [-0.39, 0.29) is 5.41 Å². The van der Waals surface area contributed by atoms with Gasteiger partial charge in [-0.05, 0) is 18.6 Å². The molecule has 1 heterocycles. The number of nitrogens with zero attached hydrogens (tertiary/aromatic N) is 2. The molecule has 1 aliphatic rings. The second kappa shape index (κ2) is 3.68. The molecule has 0 radical (unpaired) electrons. The Balaban J connectivity index is 2.66. The molecule has 0 unspecified atom stereocenters. The summed E-state index contributed by atoms with van der Waals surface area (Å²) in [5, 5.41) is 8.90. The van der Waals surface area contributed by atoms with Gasteiger partial charge in [0, 0.05) is 29.4 Å². The first-order chi connectivity index (χ1) is 7.62. The standard InChI is InChI=1S/C14H16N2/c1-4-16-12-8-6-5-7-11(12)14(2,3)13(16)9-10-15/h5-9H,4H2,1-3H3. The van der Waals surface area contributed by atoms with E-state index < -0.39 is 0 Å². The largest absolute Gasteiger partial charge is 0.344 e. The van der Waals surface area contributed by atoms with Crippen LogP contribution in [-0.4, -0.2) is 6.54 Å². The van der Waals surface area contributed by atoms with E-state index >= 15 is 0 Å². The molecule has 16 heavy (non-hydrogen) atoms. The third kappa shape index (κ3) is 1.32. The second-order valence-corrected chi connectivity index (χ2v) is 4.55. The van der Waals surface area contributed by atoms with Crippen molar-refractivity contribution in [3.05, 3.63) is 41.6 Å². The van der Waals surface area contributed by atoms with Gasteiger partial charge >= 0.3 is 0 Å². The minimum Gasteiger partial charge on any atom is -0.344 e. The number of hydrogen-bond donors (Lipinski definition) is 0. The van der Waals surface area contributed by atoms with Gasteiger partial charge in [-0.3, -0.25) is 0 Å². The molecular formula is C14H16N2. The van der Waals surface area contributed by atoms with E-state index in [1.807, 2.05) is 6.07 Å². The molecule has 0 bridgehead atoms. The number of likely N-dealkylation sites (N-methyl/N-ethyl adjacent to an activating group) is 1. The number of nitriles is 1. The fraction of sp³-hybridized carbons (Fsp3) is 0.357. The normalized spacial score (nSPS) is 19.6. The first-order valence-corrected chi connectivity index (χ1v) is 5.60. The number of allylic oxidation sites excluding steroid dienone is 2. The molecule has 1 aromatic carbocycles. The molecule has 2 heteroatoms. The monoisotopic (exact) mass is 212 g/mol. The lowest BCUT2D eigenvalue weighted by molar-refractivity contribution is 0.634. The van der Waals surface area contributed by atoms with Gasteiger partial charge in [-0.25, -0.2) is 0 Å². The van der Waals surface area contributed by atoms with Gasteiger partial charge in [0.05, 0.1) is 6.07 Å². The average molecular weight is 212 g/mol. The van der Waals surface area contributed by atoms with Crippen LogP contribution in [0.4, 0.5) is 5.69 Å². The van der Waals surface area contributed by atoms with E-state index in [2.05, 4.69) is 49.9 Å². The average Bonchev–Trinajstić information content (AvgIpc) is 2.49. The Morgan fingerprint density at radius 2 is 2.06 bits per heavy atom. The van der Waals surface area contributed by atoms with E-state index in [1.165, 1.54) is 11.3 Å². The van der Waals surface area contributed by atoms with Gasteiger partial charge in [0.1, 0.15) is 0 Å². The smallest absolute Gasteiger partial charge is 0.0930 e. The summed E-state index contributed by atoms with van der Waals surface area (Å²) in [6.45, 7) is 7.35. The number of hydrogen-bond acceptors (Lipinski definition) is 2. The van der Waals surface area contributed by atoms with Crippen molar-refractivity contribution >= 4 is 5.69 Å². The van der Waals surface area contributed by atoms with Crippen LogP contribution in [0, 0.1) is 11.3 Å². The van der Waals surface area contributed by atoms with Crippen LogP contribution in [0.2, 0.25) is 0 Å². The SMILES string of the molecule is CCN1C(=CC#N)C(C)(C)c2ccccc21. The topological polar surface area (TPSA) is 27.0 Å². The lowest BCUT2D eigenvalue weighted by Crippen LogP contribution is -2.25. The second-order valence-electron chi connectivity index (χ2n) is 4.55. The summed E-state index contributed by atoms with van der Waals surface area (Å²) in [6.07, 6.45) is 1.67. The highest BCUT2D eigenvalue weighted by Crippen LogP contribution is 2.47. The molecule has 0 N–H and O–H groups in total. The third-order valence-electron chi connectivity index (χ3n) is 3.32. The van der Waals surface area contributed by atoms with Gasteiger partial charge in [-0.1, -0.05) is 32.0 Å². The summed E-state index contributed by atoms with van der Waals surface area (Å²) < 4.78 is 0.